The molecule has 4 nitrogen and oxygen atoms in total. The van der Waals surface area contributed by atoms with Gasteiger partial charge in [0.05, 0.1) is 23.8 Å². The second-order valence-corrected chi connectivity index (χ2v) is 9.50. The second kappa shape index (κ2) is 15.5. The average Bonchev–Trinajstić information content (AvgIpc) is 2.93. The van der Waals surface area contributed by atoms with Gasteiger partial charge in [-0.2, -0.15) is 5.26 Å². The first kappa shape index (κ1) is 28.0. The Morgan fingerprint density at radius 2 is 1.35 bits per heavy atom. The molecule has 37 heavy (non-hydrogen) atoms. The molecule has 0 fully saturated rings. The molecule has 0 saturated carbocycles. The van der Waals surface area contributed by atoms with Crippen LogP contribution in [0.2, 0.25) is 0 Å². The van der Waals surface area contributed by atoms with Crippen molar-refractivity contribution >= 4 is 5.97 Å². The van der Waals surface area contributed by atoms with Crippen molar-refractivity contribution in [2.45, 2.75) is 78.1 Å². The fourth-order valence-electron chi connectivity index (χ4n) is 4.28. The van der Waals surface area contributed by atoms with Crippen molar-refractivity contribution in [1.82, 2.24) is 0 Å². The van der Waals surface area contributed by atoms with Gasteiger partial charge in [0, 0.05) is 0 Å². The third-order valence-corrected chi connectivity index (χ3v) is 6.53. The Morgan fingerprint density at radius 3 is 2.05 bits per heavy atom. The second-order valence-electron chi connectivity index (χ2n) is 9.50. The minimum Gasteiger partial charge on any atom is -0.494 e. The van der Waals surface area contributed by atoms with Crippen LogP contribution in [0, 0.1) is 11.3 Å². The van der Waals surface area contributed by atoms with E-state index in [1.807, 2.05) is 42.5 Å². The fourth-order valence-corrected chi connectivity index (χ4v) is 4.28. The highest BCUT2D eigenvalue weighted by molar-refractivity contribution is 5.91. The minimum atomic E-state index is -0.406. The van der Waals surface area contributed by atoms with E-state index in [0.717, 1.165) is 53.7 Å². The Kier molecular flexibility index (Phi) is 11.7. The van der Waals surface area contributed by atoms with E-state index in [2.05, 4.69) is 19.9 Å². The van der Waals surface area contributed by atoms with Crippen molar-refractivity contribution in [1.29, 1.82) is 5.26 Å². The normalized spacial score (nSPS) is 10.6. The Hall–Kier alpha value is -3.58. The van der Waals surface area contributed by atoms with Crippen LogP contribution in [0.5, 0.6) is 11.5 Å². The van der Waals surface area contributed by atoms with Crippen LogP contribution in [0.4, 0.5) is 0 Å². The highest BCUT2D eigenvalue weighted by Crippen LogP contribution is 2.25. The fraction of sp³-hybridized carbons (Fsp3) is 0.394. The summed E-state index contributed by atoms with van der Waals surface area (Å²) in [5.41, 5.74) is 4.21. The van der Waals surface area contributed by atoms with E-state index < -0.39 is 5.97 Å². The zero-order chi connectivity index (χ0) is 26.3. The molecule has 0 aliphatic rings. The summed E-state index contributed by atoms with van der Waals surface area (Å²) in [4.78, 5) is 12.6. The first-order chi connectivity index (χ1) is 18.1. The number of nitrogens with zero attached hydrogens (tertiary/aromatic N) is 1. The standard InChI is InChI=1S/C33H39NO3/c1-3-5-7-8-9-11-23-36-31-19-21-32(22-20-31)37-33(35)28-16-13-27(14-17-28)29-18-15-26(12-10-6-4-2)30(24-29)25-34/h13-22,24H,3-12,23H2,1-2H3. The van der Waals surface area contributed by atoms with Gasteiger partial charge in [-0.25, -0.2) is 4.79 Å². The molecule has 0 N–H and O–H groups in total. The van der Waals surface area contributed by atoms with Gasteiger partial charge in [0.1, 0.15) is 11.5 Å². The SMILES string of the molecule is CCCCCCCCOc1ccc(OC(=O)c2ccc(-c3ccc(CCCCC)c(C#N)c3)cc2)cc1. The van der Waals surface area contributed by atoms with Crippen LogP contribution in [0.1, 0.15) is 93.1 Å². The maximum atomic E-state index is 12.6. The topological polar surface area (TPSA) is 59.3 Å². The number of benzene rings is 3. The summed E-state index contributed by atoms with van der Waals surface area (Å²) in [5.74, 6) is 0.862. The molecule has 0 saturated heterocycles. The lowest BCUT2D eigenvalue weighted by atomic mass is 9.96. The van der Waals surface area contributed by atoms with Gasteiger partial charge in [-0.3, -0.25) is 0 Å². The Morgan fingerprint density at radius 1 is 0.730 bits per heavy atom. The van der Waals surface area contributed by atoms with Gasteiger partial charge < -0.3 is 9.47 Å². The Bertz CT molecular complexity index is 1140. The van der Waals surface area contributed by atoms with Crippen LogP contribution in [-0.2, 0) is 6.42 Å². The van der Waals surface area contributed by atoms with Gasteiger partial charge in [-0.05, 0) is 78.4 Å². The molecule has 0 heterocycles. The summed E-state index contributed by atoms with van der Waals surface area (Å²) in [5, 5.41) is 9.59. The summed E-state index contributed by atoms with van der Waals surface area (Å²) in [6.07, 6.45) is 11.7. The number of esters is 1. The van der Waals surface area contributed by atoms with Gasteiger partial charge in [-0.1, -0.05) is 83.1 Å². The molecule has 0 spiro atoms. The number of aryl methyl sites for hydroxylation is 1. The van der Waals surface area contributed by atoms with Gasteiger partial charge in [0.25, 0.3) is 0 Å². The number of hydrogen-bond acceptors (Lipinski definition) is 4. The molecule has 3 aromatic rings. The Labute approximate surface area is 222 Å². The first-order valence-corrected chi connectivity index (χ1v) is 13.7. The quantitative estimate of drug-likeness (QED) is 0.119. The number of carbonyl (C=O) groups excluding carboxylic acids is 1. The Balaban J connectivity index is 1.51. The first-order valence-electron chi connectivity index (χ1n) is 13.7. The number of nitriles is 1. The van der Waals surface area contributed by atoms with Crippen molar-refractivity contribution in [3.63, 3.8) is 0 Å². The largest absolute Gasteiger partial charge is 0.494 e. The lowest BCUT2D eigenvalue weighted by Crippen LogP contribution is -2.08. The number of unbranched alkanes of at least 4 members (excludes halogenated alkanes) is 7. The van der Waals surface area contributed by atoms with Crippen LogP contribution in [0.15, 0.2) is 66.7 Å². The van der Waals surface area contributed by atoms with Crippen LogP contribution < -0.4 is 9.47 Å². The van der Waals surface area contributed by atoms with E-state index >= 15 is 0 Å². The van der Waals surface area contributed by atoms with Gasteiger partial charge in [0.15, 0.2) is 0 Å². The molecule has 194 valence electrons. The lowest BCUT2D eigenvalue weighted by molar-refractivity contribution is 0.0734. The van der Waals surface area contributed by atoms with Crippen molar-refractivity contribution in [3.05, 3.63) is 83.4 Å². The molecule has 0 aromatic heterocycles. The van der Waals surface area contributed by atoms with Gasteiger partial charge in [-0.15, -0.1) is 0 Å². The third-order valence-electron chi connectivity index (χ3n) is 6.53. The number of carbonyl (C=O) groups is 1. The van der Waals surface area contributed by atoms with Crippen molar-refractivity contribution < 1.29 is 14.3 Å². The highest BCUT2D eigenvalue weighted by Gasteiger charge is 2.11. The molecular formula is C33H39NO3. The molecule has 0 aliphatic heterocycles. The van der Waals surface area contributed by atoms with E-state index in [1.54, 1.807) is 24.3 Å². The van der Waals surface area contributed by atoms with Crippen LogP contribution in [-0.4, -0.2) is 12.6 Å². The molecule has 3 rings (SSSR count). The van der Waals surface area contributed by atoms with Crippen LogP contribution in [0.25, 0.3) is 11.1 Å². The molecule has 0 aliphatic carbocycles. The van der Waals surface area contributed by atoms with E-state index in [4.69, 9.17) is 9.47 Å². The highest BCUT2D eigenvalue weighted by atomic mass is 16.5. The minimum absolute atomic E-state index is 0.406. The molecular weight excluding hydrogens is 458 g/mol. The maximum Gasteiger partial charge on any atom is 0.343 e. The van der Waals surface area contributed by atoms with E-state index in [9.17, 15) is 10.1 Å². The molecule has 0 amide bonds. The average molecular weight is 498 g/mol. The summed E-state index contributed by atoms with van der Waals surface area (Å²) >= 11 is 0. The molecule has 0 bridgehead atoms. The summed E-state index contributed by atoms with van der Waals surface area (Å²) in [6.45, 7) is 5.11. The smallest absolute Gasteiger partial charge is 0.343 e. The molecule has 0 atom stereocenters. The molecule has 0 unspecified atom stereocenters. The predicted octanol–water partition coefficient (Wildman–Crippen LogP) is 8.92. The third kappa shape index (κ3) is 9.10. The van der Waals surface area contributed by atoms with E-state index in [0.29, 0.717) is 17.9 Å². The number of hydrogen-bond donors (Lipinski definition) is 0. The van der Waals surface area contributed by atoms with Gasteiger partial charge in [0.2, 0.25) is 0 Å². The monoisotopic (exact) mass is 497 g/mol. The van der Waals surface area contributed by atoms with E-state index in [-0.39, 0.29) is 0 Å². The number of ether oxygens (including phenoxy) is 2. The summed E-state index contributed by atoms with van der Waals surface area (Å²) in [6, 6.07) is 22.9. The zero-order valence-corrected chi connectivity index (χ0v) is 22.3. The lowest BCUT2D eigenvalue weighted by Gasteiger charge is -2.09. The number of rotatable bonds is 15. The molecule has 0 radical (unpaired) electrons. The van der Waals surface area contributed by atoms with Gasteiger partial charge >= 0.3 is 5.97 Å². The van der Waals surface area contributed by atoms with Crippen LogP contribution >= 0.6 is 0 Å². The van der Waals surface area contributed by atoms with Crippen molar-refractivity contribution in [3.8, 4) is 28.7 Å². The maximum absolute atomic E-state index is 12.6. The summed E-state index contributed by atoms with van der Waals surface area (Å²) < 4.78 is 11.3. The van der Waals surface area contributed by atoms with Crippen molar-refractivity contribution in [2.75, 3.05) is 6.61 Å². The van der Waals surface area contributed by atoms with E-state index in [1.165, 1.54) is 38.5 Å². The zero-order valence-electron chi connectivity index (χ0n) is 22.3. The molecule has 4 heteroatoms. The summed E-state index contributed by atoms with van der Waals surface area (Å²) in [7, 11) is 0. The molecule has 3 aromatic carbocycles. The van der Waals surface area contributed by atoms with Crippen molar-refractivity contribution in [2.24, 2.45) is 0 Å². The van der Waals surface area contributed by atoms with Crippen LogP contribution in [0.3, 0.4) is 0 Å². The predicted molar refractivity (Wildman–Crippen MR) is 150 cm³/mol.